The first kappa shape index (κ1) is 14.3. The molecule has 104 valence electrons. The van der Waals surface area contributed by atoms with Crippen LogP contribution in [0.3, 0.4) is 0 Å². The van der Waals surface area contributed by atoms with Crippen molar-refractivity contribution >= 4 is 5.78 Å². The van der Waals surface area contributed by atoms with Crippen molar-refractivity contribution in [2.24, 2.45) is 5.92 Å². The topological polar surface area (TPSA) is 20.3 Å². The van der Waals surface area contributed by atoms with E-state index in [1.54, 1.807) is 0 Å². The predicted octanol–water partition coefficient (Wildman–Crippen LogP) is 3.69. The Labute approximate surface area is 116 Å². The molecule has 2 heteroatoms. The summed E-state index contributed by atoms with van der Waals surface area (Å²) >= 11 is 0. The first-order chi connectivity index (χ1) is 9.20. The average molecular weight is 259 g/mol. The molecule has 0 saturated carbocycles. The number of hydrogen-bond acceptors (Lipinski definition) is 2. The van der Waals surface area contributed by atoms with Gasteiger partial charge in [-0.2, -0.15) is 0 Å². The van der Waals surface area contributed by atoms with Gasteiger partial charge in [0.15, 0.2) is 5.78 Å². The predicted molar refractivity (Wildman–Crippen MR) is 79.6 cm³/mol. The van der Waals surface area contributed by atoms with E-state index in [1.165, 1.54) is 24.8 Å². The number of benzene rings is 1. The van der Waals surface area contributed by atoms with Gasteiger partial charge in [-0.25, -0.2) is 0 Å². The summed E-state index contributed by atoms with van der Waals surface area (Å²) in [6.45, 7) is 7.44. The van der Waals surface area contributed by atoms with Crippen molar-refractivity contribution in [2.45, 2.75) is 39.5 Å². The van der Waals surface area contributed by atoms with Crippen molar-refractivity contribution in [1.29, 1.82) is 0 Å². The molecule has 1 aromatic rings. The van der Waals surface area contributed by atoms with Crippen LogP contribution in [-0.2, 0) is 0 Å². The Morgan fingerprint density at radius 2 is 1.79 bits per heavy atom. The van der Waals surface area contributed by atoms with Crippen LogP contribution < -0.4 is 0 Å². The molecule has 0 aliphatic carbocycles. The second kappa shape index (κ2) is 6.85. The maximum Gasteiger partial charge on any atom is 0.167 e. The van der Waals surface area contributed by atoms with Gasteiger partial charge < -0.3 is 4.90 Å². The zero-order chi connectivity index (χ0) is 13.7. The van der Waals surface area contributed by atoms with Crippen LogP contribution in [0.5, 0.6) is 0 Å². The minimum atomic E-state index is 0.154. The molecular weight excluding hydrogens is 234 g/mol. The largest absolute Gasteiger partial charge is 0.303 e. The molecule has 0 aromatic heterocycles. The SMILES string of the molecule is CCC(CN1CCCCC1)C(=O)c1ccc(C)cc1. The highest BCUT2D eigenvalue weighted by Gasteiger charge is 2.22. The van der Waals surface area contributed by atoms with Gasteiger partial charge in [-0.05, 0) is 39.3 Å². The zero-order valence-electron chi connectivity index (χ0n) is 12.2. The molecule has 1 aliphatic heterocycles. The van der Waals surface area contributed by atoms with E-state index in [0.29, 0.717) is 5.78 Å². The summed E-state index contributed by atoms with van der Waals surface area (Å²) in [6, 6.07) is 7.99. The summed E-state index contributed by atoms with van der Waals surface area (Å²) < 4.78 is 0. The molecule has 0 N–H and O–H groups in total. The fraction of sp³-hybridized carbons (Fsp3) is 0.588. The Morgan fingerprint density at radius 3 is 2.37 bits per heavy atom. The second-order valence-electron chi connectivity index (χ2n) is 5.70. The third kappa shape index (κ3) is 3.90. The number of carbonyl (C=O) groups excluding carboxylic acids is 1. The third-order valence-electron chi connectivity index (χ3n) is 4.13. The lowest BCUT2D eigenvalue weighted by molar-refractivity contribution is 0.0864. The monoisotopic (exact) mass is 259 g/mol. The number of likely N-dealkylation sites (tertiary alicyclic amines) is 1. The van der Waals surface area contributed by atoms with Gasteiger partial charge in [-0.3, -0.25) is 4.79 Å². The molecule has 1 unspecified atom stereocenters. The van der Waals surface area contributed by atoms with E-state index in [9.17, 15) is 4.79 Å². The van der Waals surface area contributed by atoms with Crippen LogP contribution in [-0.4, -0.2) is 30.3 Å². The van der Waals surface area contributed by atoms with Gasteiger partial charge in [0.1, 0.15) is 0 Å². The van der Waals surface area contributed by atoms with Gasteiger partial charge in [0.25, 0.3) is 0 Å². The van der Waals surface area contributed by atoms with E-state index in [4.69, 9.17) is 0 Å². The standard InChI is InChI=1S/C17H25NO/c1-3-15(13-18-11-5-4-6-12-18)17(19)16-9-7-14(2)8-10-16/h7-10,15H,3-6,11-13H2,1-2H3. The molecule has 1 saturated heterocycles. The molecule has 1 heterocycles. The Hall–Kier alpha value is -1.15. The number of Topliss-reactive ketones (excluding diaryl/α,β-unsaturated/α-hetero) is 1. The lowest BCUT2D eigenvalue weighted by Crippen LogP contribution is -2.36. The summed E-state index contributed by atoms with van der Waals surface area (Å²) in [5, 5.41) is 0. The summed E-state index contributed by atoms with van der Waals surface area (Å²) in [4.78, 5) is 15.0. The molecular formula is C17H25NO. The summed E-state index contributed by atoms with van der Waals surface area (Å²) in [7, 11) is 0. The van der Waals surface area contributed by atoms with Crippen molar-refractivity contribution in [3.8, 4) is 0 Å². The number of aryl methyl sites for hydroxylation is 1. The molecule has 0 bridgehead atoms. The van der Waals surface area contributed by atoms with Crippen LogP contribution in [0.1, 0.15) is 48.5 Å². The first-order valence-corrected chi connectivity index (χ1v) is 7.54. The molecule has 1 aromatic carbocycles. The molecule has 19 heavy (non-hydrogen) atoms. The fourth-order valence-corrected chi connectivity index (χ4v) is 2.80. The van der Waals surface area contributed by atoms with Crippen LogP contribution >= 0.6 is 0 Å². The molecule has 1 atom stereocenters. The van der Waals surface area contributed by atoms with Crippen molar-refractivity contribution in [3.05, 3.63) is 35.4 Å². The smallest absolute Gasteiger partial charge is 0.167 e. The van der Waals surface area contributed by atoms with Gasteiger partial charge in [0.2, 0.25) is 0 Å². The Morgan fingerprint density at radius 1 is 1.16 bits per heavy atom. The molecule has 0 amide bonds. The normalized spacial score (nSPS) is 18.2. The molecule has 0 spiro atoms. The van der Waals surface area contributed by atoms with E-state index in [0.717, 1.165) is 31.6 Å². The van der Waals surface area contributed by atoms with Gasteiger partial charge in [0.05, 0.1) is 0 Å². The molecule has 1 aliphatic rings. The summed E-state index contributed by atoms with van der Waals surface area (Å²) in [5.74, 6) is 0.467. The van der Waals surface area contributed by atoms with Crippen molar-refractivity contribution in [1.82, 2.24) is 4.90 Å². The molecule has 2 rings (SSSR count). The summed E-state index contributed by atoms with van der Waals surface area (Å²) in [6.07, 6.45) is 4.85. The zero-order valence-corrected chi connectivity index (χ0v) is 12.2. The molecule has 0 radical (unpaired) electrons. The Kier molecular flexibility index (Phi) is 5.15. The van der Waals surface area contributed by atoms with Gasteiger partial charge in [-0.1, -0.05) is 43.2 Å². The molecule has 2 nitrogen and oxygen atoms in total. The maximum absolute atomic E-state index is 12.5. The lowest BCUT2D eigenvalue weighted by atomic mass is 9.93. The van der Waals surface area contributed by atoms with Crippen molar-refractivity contribution in [2.75, 3.05) is 19.6 Å². The maximum atomic E-state index is 12.5. The van der Waals surface area contributed by atoms with E-state index >= 15 is 0 Å². The molecule has 1 fully saturated rings. The third-order valence-corrected chi connectivity index (χ3v) is 4.13. The second-order valence-corrected chi connectivity index (χ2v) is 5.70. The van der Waals surface area contributed by atoms with E-state index < -0.39 is 0 Å². The van der Waals surface area contributed by atoms with Gasteiger partial charge in [0, 0.05) is 18.0 Å². The Bertz CT molecular complexity index is 404. The Balaban J connectivity index is 1.99. The van der Waals surface area contributed by atoms with E-state index in [-0.39, 0.29) is 5.92 Å². The van der Waals surface area contributed by atoms with Crippen LogP contribution in [0.25, 0.3) is 0 Å². The van der Waals surface area contributed by atoms with Crippen molar-refractivity contribution in [3.63, 3.8) is 0 Å². The fourth-order valence-electron chi connectivity index (χ4n) is 2.80. The van der Waals surface area contributed by atoms with Gasteiger partial charge >= 0.3 is 0 Å². The number of carbonyl (C=O) groups is 1. The van der Waals surface area contributed by atoms with E-state index in [2.05, 4.69) is 18.7 Å². The quantitative estimate of drug-likeness (QED) is 0.752. The van der Waals surface area contributed by atoms with Crippen LogP contribution in [0, 0.1) is 12.8 Å². The average Bonchev–Trinajstić information content (AvgIpc) is 2.46. The van der Waals surface area contributed by atoms with Crippen LogP contribution in [0.4, 0.5) is 0 Å². The van der Waals surface area contributed by atoms with Crippen molar-refractivity contribution < 1.29 is 4.79 Å². The van der Waals surface area contributed by atoms with Crippen LogP contribution in [0.15, 0.2) is 24.3 Å². The first-order valence-electron chi connectivity index (χ1n) is 7.54. The van der Waals surface area contributed by atoms with E-state index in [1.807, 2.05) is 24.3 Å². The van der Waals surface area contributed by atoms with Crippen LogP contribution in [0.2, 0.25) is 0 Å². The number of ketones is 1. The highest BCUT2D eigenvalue weighted by atomic mass is 16.1. The summed E-state index contributed by atoms with van der Waals surface area (Å²) in [5.41, 5.74) is 2.08. The highest BCUT2D eigenvalue weighted by molar-refractivity contribution is 5.98. The lowest BCUT2D eigenvalue weighted by Gasteiger charge is -2.29. The minimum absolute atomic E-state index is 0.154. The number of rotatable bonds is 5. The number of nitrogens with zero attached hydrogens (tertiary/aromatic N) is 1. The van der Waals surface area contributed by atoms with Gasteiger partial charge in [-0.15, -0.1) is 0 Å². The minimum Gasteiger partial charge on any atom is -0.303 e. The highest BCUT2D eigenvalue weighted by Crippen LogP contribution is 2.17. The number of hydrogen-bond donors (Lipinski definition) is 0. The number of piperidine rings is 1.